The van der Waals surface area contributed by atoms with Crippen LogP contribution in [-0.2, 0) is 16.1 Å². The van der Waals surface area contributed by atoms with Gasteiger partial charge >= 0.3 is 0 Å². The van der Waals surface area contributed by atoms with Gasteiger partial charge in [-0.15, -0.1) is 0 Å². The number of hydrogen-bond donors (Lipinski definition) is 1. The van der Waals surface area contributed by atoms with Crippen molar-refractivity contribution in [3.8, 4) is 0 Å². The van der Waals surface area contributed by atoms with Gasteiger partial charge in [0, 0.05) is 56.3 Å². The summed E-state index contributed by atoms with van der Waals surface area (Å²) in [6.07, 6.45) is 3.05. The average Bonchev–Trinajstić information content (AvgIpc) is 3.17. The molecule has 0 aromatic carbocycles. The monoisotopic (exact) mass is 435 g/mol. The van der Waals surface area contributed by atoms with Crippen molar-refractivity contribution in [1.29, 1.82) is 0 Å². The van der Waals surface area contributed by atoms with Gasteiger partial charge in [-0.2, -0.15) is 0 Å². The summed E-state index contributed by atoms with van der Waals surface area (Å²) in [7, 11) is 0. The highest BCUT2D eigenvalue weighted by molar-refractivity contribution is 5.97. The van der Waals surface area contributed by atoms with Crippen molar-refractivity contribution in [3.05, 3.63) is 52.6 Å². The Hall–Kier alpha value is -3.16. The van der Waals surface area contributed by atoms with E-state index in [9.17, 15) is 14.4 Å². The second-order valence-electron chi connectivity index (χ2n) is 9.54. The highest BCUT2D eigenvalue weighted by Crippen LogP contribution is 2.36. The second kappa shape index (κ2) is 8.07. The quantitative estimate of drug-likeness (QED) is 0.794. The first kappa shape index (κ1) is 20.7. The second-order valence-corrected chi connectivity index (χ2v) is 9.54. The molecule has 2 aromatic rings. The van der Waals surface area contributed by atoms with Gasteiger partial charge in [-0.1, -0.05) is 6.07 Å². The highest BCUT2D eigenvalue weighted by atomic mass is 16.2. The van der Waals surface area contributed by atoms with Crippen LogP contribution in [0.5, 0.6) is 0 Å². The average molecular weight is 436 g/mol. The summed E-state index contributed by atoms with van der Waals surface area (Å²) in [6, 6.07) is 9.47. The standard InChI is InChI=1S/C24H29N5O3/c1-15(2)28-14-18(9-23(28)31)24(32)26-19-6-7-21(25-10-19)27-11-16-8-17(13-27)20-4-3-5-22(30)29(20)12-16/h3-7,10,15-18H,8-9,11-14H2,1-2H3,(H,26,32)/t16-,17+,18+/m0/s1. The number of pyridine rings is 2. The van der Waals surface area contributed by atoms with Crippen molar-refractivity contribution in [2.45, 2.75) is 45.2 Å². The first-order valence-electron chi connectivity index (χ1n) is 11.4. The number of aromatic nitrogens is 2. The van der Waals surface area contributed by atoms with E-state index in [2.05, 4.69) is 21.3 Å². The summed E-state index contributed by atoms with van der Waals surface area (Å²) in [4.78, 5) is 45.6. The topological polar surface area (TPSA) is 87.5 Å². The molecule has 0 unspecified atom stereocenters. The molecule has 2 bridgehead atoms. The number of piperidine rings is 1. The summed E-state index contributed by atoms with van der Waals surface area (Å²) in [6.45, 7) is 6.84. The molecule has 2 aromatic heterocycles. The van der Waals surface area contributed by atoms with Crippen LogP contribution in [0.4, 0.5) is 11.5 Å². The SMILES string of the molecule is CC(C)N1C[C@H](C(=O)Nc2ccc(N3C[C@@H]4C[C@H](C3)c3cccc(=O)n3C4)nc2)CC1=O. The third-order valence-corrected chi connectivity index (χ3v) is 6.97. The predicted octanol–water partition coefficient (Wildman–Crippen LogP) is 2.06. The van der Waals surface area contributed by atoms with E-state index in [0.29, 0.717) is 24.1 Å². The zero-order valence-electron chi connectivity index (χ0n) is 18.5. The minimum atomic E-state index is -0.325. The van der Waals surface area contributed by atoms with Crippen molar-refractivity contribution >= 4 is 23.3 Å². The van der Waals surface area contributed by atoms with E-state index in [1.54, 1.807) is 17.2 Å². The van der Waals surface area contributed by atoms with Gasteiger partial charge in [-0.3, -0.25) is 14.4 Å². The van der Waals surface area contributed by atoms with Crippen molar-refractivity contribution in [2.24, 2.45) is 11.8 Å². The number of amides is 2. The zero-order chi connectivity index (χ0) is 22.4. The molecule has 0 saturated carbocycles. The number of rotatable bonds is 4. The van der Waals surface area contributed by atoms with Crippen molar-refractivity contribution < 1.29 is 9.59 Å². The van der Waals surface area contributed by atoms with Gasteiger partial charge in [0.05, 0.1) is 17.8 Å². The van der Waals surface area contributed by atoms with Gasteiger partial charge < -0.3 is 19.7 Å². The van der Waals surface area contributed by atoms with Crippen molar-refractivity contribution in [3.63, 3.8) is 0 Å². The van der Waals surface area contributed by atoms with Crippen LogP contribution in [0.15, 0.2) is 41.3 Å². The third kappa shape index (κ3) is 3.78. The van der Waals surface area contributed by atoms with Crippen molar-refractivity contribution in [2.75, 3.05) is 29.9 Å². The molecule has 1 N–H and O–H groups in total. The molecule has 5 rings (SSSR count). The lowest BCUT2D eigenvalue weighted by Gasteiger charge is -2.43. The molecule has 8 nitrogen and oxygen atoms in total. The minimum absolute atomic E-state index is 0.0353. The summed E-state index contributed by atoms with van der Waals surface area (Å²) in [5, 5.41) is 2.92. The maximum absolute atomic E-state index is 12.6. The Bertz CT molecular complexity index is 1090. The lowest BCUT2D eigenvalue weighted by Crippen LogP contribution is -2.47. The molecular weight excluding hydrogens is 406 g/mol. The number of anilines is 2. The molecule has 2 saturated heterocycles. The largest absolute Gasteiger partial charge is 0.356 e. The lowest BCUT2D eigenvalue weighted by molar-refractivity contribution is -0.129. The fraction of sp³-hybridized carbons (Fsp3) is 0.500. The number of carbonyl (C=O) groups excluding carboxylic acids is 2. The molecule has 3 atom stereocenters. The first-order valence-corrected chi connectivity index (χ1v) is 11.4. The molecule has 5 heterocycles. The number of carbonyl (C=O) groups is 2. The van der Waals surface area contributed by atoms with Gasteiger partial charge in [0.25, 0.3) is 5.56 Å². The maximum Gasteiger partial charge on any atom is 0.250 e. The molecule has 8 heteroatoms. The Kier molecular flexibility index (Phi) is 5.23. The lowest BCUT2D eigenvalue weighted by atomic mass is 9.83. The number of nitrogens with zero attached hydrogens (tertiary/aromatic N) is 4. The first-order chi connectivity index (χ1) is 15.4. The molecule has 0 aliphatic carbocycles. The van der Waals surface area contributed by atoms with Crippen LogP contribution in [0.2, 0.25) is 0 Å². The van der Waals surface area contributed by atoms with Crippen LogP contribution in [-0.4, -0.2) is 51.9 Å². The van der Waals surface area contributed by atoms with E-state index >= 15 is 0 Å². The van der Waals surface area contributed by atoms with Gasteiger partial charge in [0.15, 0.2) is 0 Å². The van der Waals surface area contributed by atoms with E-state index in [0.717, 1.165) is 37.6 Å². The number of likely N-dealkylation sites (tertiary alicyclic amines) is 1. The molecule has 0 radical (unpaired) electrons. The smallest absolute Gasteiger partial charge is 0.250 e. The molecule has 168 valence electrons. The highest BCUT2D eigenvalue weighted by Gasteiger charge is 2.36. The van der Waals surface area contributed by atoms with Gasteiger partial charge in [0.1, 0.15) is 5.82 Å². The molecule has 2 fully saturated rings. The Morgan fingerprint density at radius 2 is 1.94 bits per heavy atom. The Labute approximate surface area is 187 Å². The molecule has 3 aliphatic rings. The molecule has 2 amide bonds. The Morgan fingerprint density at radius 3 is 2.66 bits per heavy atom. The Balaban J connectivity index is 1.24. The molecule has 3 aliphatic heterocycles. The van der Waals surface area contributed by atoms with E-state index in [1.807, 2.05) is 36.6 Å². The van der Waals surface area contributed by atoms with Gasteiger partial charge in [0.2, 0.25) is 11.8 Å². The Morgan fingerprint density at radius 1 is 1.09 bits per heavy atom. The zero-order valence-corrected chi connectivity index (χ0v) is 18.5. The van der Waals surface area contributed by atoms with Crippen molar-refractivity contribution in [1.82, 2.24) is 14.5 Å². The third-order valence-electron chi connectivity index (χ3n) is 6.97. The summed E-state index contributed by atoms with van der Waals surface area (Å²) in [5.41, 5.74) is 1.84. The van der Waals surface area contributed by atoms with Crippen LogP contribution in [0.1, 0.15) is 38.3 Å². The van der Waals surface area contributed by atoms with Gasteiger partial charge in [-0.05, 0) is 44.4 Å². The van der Waals surface area contributed by atoms with E-state index in [-0.39, 0.29) is 35.8 Å². The van der Waals surface area contributed by atoms with Gasteiger partial charge in [-0.25, -0.2) is 4.98 Å². The van der Waals surface area contributed by atoms with Crippen LogP contribution < -0.4 is 15.8 Å². The molecule has 32 heavy (non-hydrogen) atoms. The van der Waals surface area contributed by atoms with Crippen LogP contribution >= 0.6 is 0 Å². The van der Waals surface area contributed by atoms with E-state index < -0.39 is 0 Å². The fourth-order valence-corrected chi connectivity index (χ4v) is 5.38. The van der Waals surface area contributed by atoms with Crippen LogP contribution in [0.3, 0.4) is 0 Å². The predicted molar refractivity (Wildman–Crippen MR) is 122 cm³/mol. The van der Waals surface area contributed by atoms with Crippen LogP contribution in [0, 0.1) is 11.8 Å². The van der Waals surface area contributed by atoms with Crippen LogP contribution in [0.25, 0.3) is 0 Å². The summed E-state index contributed by atoms with van der Waals surface area (Å²) in [5.74, 6) is 1.20. The number of nitrogens with one attached hydrogen (secondary N) is 1. The maximum atomic E-state index is 12.6. The molecular formula is C24H29N5O3. The summed E-state index contributed by atoms with van der Waals surface area (Å²) >= 11 is 0. The molecule has 0 spiro atoms. The number of hydrogen-bond acceptors (Lipinski definition) is 5. The van der Waals surface area contributed by atoms with E-state index in [1.165, 1.54) is 0 Å². The number of fused-ring (bicyclic) bond motifs is 4. The minimum Gasteiger partial charge on any atom is -0.356 e. The summed E-state index contributed by atoms with van der Waals surface area (Å²) < 4.78 is 1.93. The van der Waals surface area contributed by atoms with E-state index in [4.69, 9.17) is 0 Å². The fourth-order valence-electron chi connectivity index (χ4n) is 5.38. The normalized spacial score (nSPS) is 24.6.